The number of nitrogens with one attached hydrogen (secondary N) is 1. The van der Waals surface area contributed by atoms with Crippen LogP contribution in [0.1, 0.15) is 11.1 Å². The van der Waals surface area contributed by atoms with Crippen LogP contribution >= 0.6 is 0 Å². The van der Waals surface area contributed by atoms with E-state index in [4.69, 9.17) is 16.2 Å². The first-order valence-electron chi connectivity index (χ1n) is 7.12. The average Bonchev–Trinajstić information content (AvgIpc) is 2.96. The molecule has 0 fully saturated rings. The number of aromatic nitrogens is 1. The van der Waals surface area contributed by atoms with Crippen LogP contribution in [0.2, 0.25) is 0 Å². The van der Waals surface area contributed by atoms with Crippen LogP contribution in [0.15, 0.2) is 64.9 Å². The number of nitrogens with zero attached hydrogens (tertiary/aromatic N) is 2. The van der Waals surface area contributed by atoms with E-state index in [9.17, 15) is 0 Å². The van der Waals surface area contributed by atoms with Gasteiger partial charge in [-0.25, -0.2) is 0 Å². The van der Waals surface area contributed by atoms with Gasteiger partial charge in [0.2, 0.25) is 5.96 Å². The van der Waals surface area contributed by atoms with Crippen LogP contribution in [0, 0.1) is 0 Å². The maximum absolute atomic E-state index is 5.84. The Balaban J connectivity index is 1.80. The van der Waals surface area contributed by atoms with Crippen molar-refractivity contribution in [3.63, 3.8) is 0 Å². The van der Waals surface area contributed by atoms with Gasteiger partial charge < -0.3 is 21.2 Å². The first-order valence-corrected chi connectivity index (χ1v) is 7.12. The molecule has 5 N–H and O–H groups in total. The minimum Gasteiger partial charge on any atom is -0.489 e. The summed E-state index contributed by atoms with van der Waals surface area (Å²) in [7, 11) is 0. The quantitative estimate of drug-likeness (QED) is 0.383. The Bertz CT molecular complexity index is 848. The van der Waals surface area contributed by atoms with Crippen LogP contribution in [-0.2, 0) is 6.61 Å². The number of benzene rings is 2. The van der Waals surface area contributed by atoms with E-state index < -0.39 is 0 Å². The molecule has 3 aromatic rings. The van der Waals surface area contributed by atoms with Gasteiger partial charge in [-0.15, -0.1) is 5.10 Å². The molecule has 0 atom stereocenters. The first kappa shape index (κ1) is 14.6. The van der Waals surface area contributed by atoms with Gasteiger partial charge in [-0.2, -0.15) is 5.10 Å². The summed E-state index contributed by atoms with van der Waals surface area (Å²) in [5.41, 5.74) is 13.5. The van der Waals surface area contributed by atoms with E-state index >= 15 is 0 Å². The minimum atomic E-state index is -0.0759. The van der Waals surface area contributed by atoms with Crippen LogP contribution in [0.25, 0.3) is 10.9 Å². The van der Waals surface area contributed by atoms with Crippen LogP contribution in [-0.4, -0.2) is 17.2 Å². The maximum atomic E-state index is 5.84. The third-order valence-electron chi connectivity index (χ3n) is 3.30. The Morgan fingerprint density at radius 2 is 1.96 bits per heavy atom. The lowest BCUT2D eigenvalue weighted by molar-refractivity contribution is 0.306. The number of hydrogen-bond acceptors (Lipinski definition) is 3. The SMILES string of the molecule is NC(N)=NN=Cc1c[nH]c2ccc(OCc3ccccc3)cc12. The van der Waals surface area contributed by atoms with E-state index in [1.54, 1.807) is 6.21 Å². The number of hydrogen-bond donors (Lipinski definition) is 3. The fourth-order valence-electron chi connectivity index (χ4n) is 2.22. The molecule has 0 amide bonds. The van der Waals surface area contributed by atoms with Crippen molar-refractivity contribution in [3.8, 4) is 5.75 Å². The van der Waals surface area contributed by atoms with E-state index in [1.807, 2.05) is 54.7 Å². The predicted molar refractivity (Wildman–Crippen MR) is 92.5 cm³/mol. The monoisotopic (exact) mass is 307 g/mol. The zero-order valence-electron chi connectivity index (χ0n) is 12.4. The van der Waals surface area contributed by atoms with Crippen molar-refractivity contribution in [3.05, 3.63) is 65.9 Å². The van der Waals surface area contributed by atoms with Gasteiger partial charge in [0.1, 0.15) is 12.4 Å². The molecule has 0 saturated heterocycles. The molecule has 23 heavy (non-hydrogen) atoms. The van der Waals surface area contributed by atoms with E-state index in [0.29, 0.717) is 6.61 Å². The summed E-state index contributed by atoms with van der Waals surface area (Å²) in [4.78, 5) is 3.17. The molecule has 0 spiro atoms. The third kappa shape index (κ3) is 3.68. The molecular formula is C17H17N5O. The van der Waals surface area contributed by atoms with E-state index in [-0.39, 0.29) is 5.96 Å². The van der Waals surface area contributed by atoms with E-state index in [2.05, 4.69) is 15.2 Å². The lowest BCUT2D eigenvalue weighted by Gasteiger charge is -2.06. The molecule has 0 aliphatic heterocycles. The Hall–Kier alpha value is -3.28. The van der Waals surface area contributed by atoms with Gasteiger partial charge in [0.25, 0.3) is 0 Å². The summed E-state index contributed by atoms with van der Waals surface area (Å²) in [6, 6.07) is 15.9. The highest BCUT2D eigenvalue weighted by atomic mass is 16.5. The minimum absolute atomic E-state index is 0.0759. The lowest BCUT2D eigenvalue weighted by Crippen LogP contribution is -2.21. The number of ether oxygens (including phenoxy) is 1. The second-order valence-electron chi connectivity index (χ2n) is 5.00. The summed E-state index contributed by atoms with van der Waals surface area (Å²) >= 11 is 0. The molecule has 2 aromatic carbocycles. The van der Waals surface area contributed by atoms with Crippen LogP contribution in [0.3, 0.4) is 0 Å². The van der Waals surface area contributed by atoms with E-state index in [0.717, 1.165) is 27.8 Å². The summed E-state index contributed by atoms with van der Waals surface area (Å²) in [5, 5.41) is 8.43. The zero-order chi connectivity index (χ0) is 16.1. The van der Waals surface area contributed by atoms with Gasteiger partial charge in [-0.05, 0) is 23.8 Å². The smallest absolute Gasteiger partial charge is 0.211 e. The number of aromatic amines is 1. The Labute approximate surface area is 133 Å². The highest BCUT2D eigenvalue weighted by molar-refractivity contribution is 5.99. The summed E-state index contributed by atoms with van der Waals surface area (Å²) in [5.74, 6) is 0.713. The second kappa shape index (κ2) is 6.65. The molecule has 116 valence electrons. The Morgan fingerprint density at radius 1 is 1.13 bits per heavy atom. The van der Waals surface area contributed by atoms with Crippen LogP contribution < -0.4 is 16.2 Å². The van der Waals surface area contributed by atoms with Crippen molar-refractivity contribution in [2.45, 2.75) is 6.61 Å². The lowest BCUT2D eigenvalue weighted by atomic mass is 10.2. The molecule has 6 heteroatoms. The molecule has 3 rings (SSSR count). The molecule has 0 aliphatic carbocycles. The zero-order valence-corrected chi connectivity index (χ0v) is 12.4. The first-order chi connectivity index (χ1) is 11.2. The number of H-pyrrole nitrogens is 1. The molecule has 6 nitrogen and oxygen atoms in total. The van der Waals surface area contributed by atoms with Crippen molar-refractivity contribution >= 4 is 23.1 Å². The predicted octanol–water partition coefficient (Wildman–Crippen LogP) is 2.35. The molecular weight excluding hydrogens is 290 g/mol. The van der Waals surface area contributed by atoms with Gasteiger partial charge >= 0.3 is 0 Å². The van der Waals surface area contributed by atoms with Crippen molar-refractivity contribution in [1.82, 2.24) is 4.98 Å². The van der Waals surface area contributed by atoms with Crippen molar-refractivity contribution in [2.75, 3.05) is 0 Å². The van der Waals surface area contributed by atoms with Gasteiger partial charge in [-0.3, -0.25) is 0 Å². The second-order valence-corrected chi connectivity index (χ2v) is 5.00. The number of rotatable bonds is 5. The van der Waals surface area contributed by atoms with Crippen molar-refractivity contribution in [2.24, 2.45) is 21.7 Å². The molecule has 1 aromatic heterocycles. The van der Waals surface area contributed by atoms with Crippen molar-refractivity contribution < 1.29 is 4.74 Å². The molecule has 0 unspecified atom stereocenters. The topological polar surface area (TPSA) is 102 Å². The maximum Gasteiger partial charge on any atom is 0.211 e. The fourth-order valence-corrected chi connectivity index (χ4v) is 2.22. The van der Waals surface area contributed by atoms with Gasteiger partial charge in [0.15, 0.2) is 0 Å². The standard InChI is InChI=1S/C17H17N5O/c18-17(19)22-21-10-13-9-20-16-7-6-14(8-15(13)16)23-11-12-4-2-1-3-5-12/h1-10,20H,11H2,(H4,18,19,22). The normalized spacial score (nSPS) is 11.0. The Kier molecular flexibility index (Phi) is 4.24. The molecule has 0 aliphatic rings. The van der Waals surface area contributed by atoms with Crippen LogP contribution in [0.4, 0.5) is 0 Å². The largest absolute Gasteiger partial charge is 0.489 e. The average molecular weight is 307 g/mol. The molecule has 0 saturated carbocycles. The van der Waals surface area contributed by atoms with Crippen LogP contribution in [0.5, 0.6) is 5.75 Å². The summed E-state index contributed by atoms with van der Waals surface area (Å²) in [6.07, 6.45) is 3.44. The fraction of sp³-hybridized carbons (Fsp3) is 0.0588. The number of guanidine groups is 1. The molecule has 1 heterocycles. The Morgan fingerprint density at radius 3 is 2.74 bits per heavy atom. The highest BCUT2D eigenvalue weighted by Gasteiger charge is 2.04. The van der Waals surface area contributed by atoms with E-state index in [1.165, 1.54) is 0 Å². The molecule has 0 bridgehead atoms. The summed E-state index contributed by atoms with van der Waals surface area (Å²) < 4.78 is 5.84. The summed E-state index contributed by atoms with van der Waals surface area (Å²) in [6.45, 7) is 0.522. The third-order valence-corrected chi connectivity index (χ3v) is 3.30. The molecule has 0 radical (unpaired) electrons. The van der Waals surface area contributed by atoms with Gasteiger partial charge in [0, 0.05) is 22.7 Å². The van der Waals surface area contributed by atoms with Crippen molar-refractivity contribution in [1.29, 1.82) is 0 Å². The van der Waals surface area contributed by atoms with Gasteiger partial charge in [-0.1, -0.05) is 30.3 Å². The highest BCUT2D eigenvalue weighted by Crippen LogP contribution is 2.23. The number of nitrogens with two attached hydrogens (primary N) is 2. The van der Waals surface area contributed by atoms with Gasteiger partial charge in [0.05, 0.1) is 6.21 Å². The number of fused-ring (bicyclic) bond motifs is 1.